The van der Waals surface area contributed by atoms with Crippen molar-refractivity contribution in [3.05, 3.63) is 18.5 Å². The van der Waals surface area contributed by atoms with E-state index in [0.29, 0.717) is 12.2 Å². The number of aromatic nitrogens is 1. The van der Waals surface area contributed by atoms with Crippen LogP contribution in [-0.4, -0.2) is 31.9 Å². The van der Waals surface area contributed by atoms with Crippen molar-refractivity contribution in [2.24, 2.45) is 11.7 Å². The molecule has 1 aromatic rings. The van der Waals surface area contributed by atoms with Crippen molar-refractivity contribution in [2.45, 2.75) is 31.7 Å². The third-order valence-corrected chi connectivity index (χ3v) is 4.17. The zero-order valence-electron chi connectivity index (χ0n) is 11.8. The zero-order valence-corrected chi connectivity index (χ0v) is 12.6. The normalized spacial score (nSPS) is 13.2. The molecule has 0 aromatic carbocycles. The minimum absolute atomic E-state index is 0.00579. The summed E-state index contributed by atoms with van der Waals surface area (Å²) >= 11 is 0. The molecule has 7 nitrogen and oxygen atoms in total. The van der Waals surface area contributed by atoms with Crippen LogP contribution in [0.1, 0.15) is 20.8 Å². The first-order valence-electron chi connectivity index (χ1n) is 6.29. The minimum Gasteiger partial charge on any atom is -0.384 e. The van der Waals surface area contributed by atoms with Crippen molar-refractivity contribution >= 4 is 21.6 Å². The Balaban J connectivity index is 3.14. The van der Waals surface area contributed by atoms with E-state index in [1.54, 1.807) is 19.9 Å². The zero-order chi connectivity index (χ0) is 15.3. The molecule has 8 heteroatoms. The molecule has 1 rings (SSSR count). The van der Waals surface area contributed by atoms with Crippen LogP contribution >= 0.6 is 0 Å². The maximum atomic E-state index is 12.3. The van der Waals surface area contributed by atoms with Gasteiger partial charge in [0.15, 0.2) is 0 Å². The Labute approximate surface area is 119 Å². The Hall–Kier alpha value is -1.67. The standard InChI is InChI=1S/C12H20N4O3S/c1-4-15-9-5-6-14-7-10(9)20(18,19)16-11(8(2)3)12(13)17/h5-8,11,16H,4H2,1-3H3,(H2,13,17)(H,14,15). The second-order valence-electron chi connectivity index (χ2n) is 4.65. The van der Waals surface area contributed by atoms with E-state index in [2.05, 4.69) is 15.0 Å². The van der Waals surface area contributed by atoms with Crippen LogP contribution in [0.4, 0.5) is 5.69 Å². The average Bonchev–Trinajstić information content (AvgIpc) is 2.36. The maximum Gasteiger partial charge on any atom is 0.244 e. The predicted octanol–water partition coefficient (Wildman–Crippen LogP) is 0.302. The van der Waals surface area contributed by atoms with Gasteiger partial charge in [0.25, 0.3) is 0 Å². The molecule has 1 unspecified atom stereocenters. The summed E-state index contributed by atoms with van der Waals surface area (Å²) in [5, 5.41) is 2.94. The van der Waals surface area contributed by atoms with Crippen LogP contribution in [0.3, 0.4) is 0 Å². The largest absolute Gasteiger partial charge is 0.384 e. The number of primary amides is 1. The Morgan fingerprint density at radius 3 is 2.60 bits per heavy atom. The lowest BCUT2D eigenvalue weighted by atomic mass is 10.1. The van der Waals surface area contributed by atoms with Gasteiger partial charge in [-0.25, -0.2) is 8.42 Å². The van der Waals surface area contributed by atoms with Gasteiger partial charge >= 0.3 is 0 Å². The molecule has 1 aromatic heterocycles. The van der Waals surface area contributed by atoms with E-state index in [0.717, 1.165) is 0 Å². The third-order valence-electron chi connectivity index (χ3n) is 2.70. The summed E-state index contributed by atoms with van der Waals surface area (Å²) in [7, 11) is -3.88. The number of rotatable bonds is 7. The summed E-state index contributed by atoms with van der Waals surface area (Å²) in [5.74, 6) is -0.959. The van der Waals surface area contributed by atoms with Crippen molar-refractivity contribution in [1.82, 2.24) is 9.71 Å². The van der Waals surface area contributed by atoms with Gasteiger partial charge in [0.1, 0.15) is 10.9 Å². The van der Waals surface area contributed by atoms with E-state index >= 15 is 0 Å². The van der Waals surface area contributed by atoms with Gasteiger partial charge in [0, 0.05) is 18.9 Å². The van der Waals surface area contributed by atoms with Crippen molar-refractivity contribution in [3.8, 4) is 0 Å². The number of nitrogens with two attached hydrogens (primary N) is 1. The summed E-state index contributed by atoms with van der Waals surface area (Å²) in [4.78, 5) is 15.1. The monoisotopic (exact) mass is 300 g/mol. The number of nitrogens with zero attached hydrogens (tertiary/aromatic N) is 1. The van der Waals surface area contributed by atoms with Gasteiger partial charge in [-0.1, -0.05) is 13.8 Å². The SMILES string of the molecule is CCNc1ccncc1S(=O)(=O)NC(C(N)=O)C(C)C. The number of amides is 1. The second kappa shape index (κ2) is 6.67. The molecule has 0 spiro atoms. The number of anilines is 1. The van der Waals surface area contributed by atoms with Gasteiger partial charge in [-0.2, -0.15) is 4.72 Å². The number of hydrogen-bond acceptors (Lipinski definition) is 5. The molecule has 1 amide bonds. The first-order valence-corrected chi connectivity index (χ1v) is 7.77. The van der Waals surface area contributed by atoms with Crippen molar-refractivity contribution < 1.29 is 13.2 Å². The van der Waals surface area contributed by atoms with E-state index in [1.165, 1.54) is 12.4 Å². The van der Waals surface area contributed by atoms with Crippen LogP contribution < -0.4 is 15.8 Å². The molecule has 0 fully saturated rings. The summed E-state index contributed by atoms with van der Waals surface area (Å²) in [6.45, 7) is 5.85. The number of sulfonamides is 1. The quantitative estimate of drug-likeness (QED) is 0.670. The number of pyridine rings is 1. The Morgan fingerprint density at radius 2 is 2.10 bits per heavy atom. The first-order chi connectivity index (χ1) is 9.29. The summed E-state index contributed by atoms with van der Waals surface area (Å²) < 4.78 is 27.0. The van der Waals surface area contributed by atoms with E-state index in [9.17, 15) is 13.2 Å². The molecule has 0 aliphatic carbocycles. The Kier molecular flexibility index (Phi) is 5.46. The molecule has 112 valence electrons. The average molecular weight is 300 g/mol. The van der Waals surface area contributed by atoms with E-state index in [1.807, 2.05) is 6.92 Å². The van der Waals surface area contributed by atoms with Gasteiger partial charge in [0.2, 0.25) is 15.9 Å². The molecule has 0 aliphatic heterocycles. The van der Waals surface area contributed by atoms with E-state index in [-0.39, 0.29) is 10.8 Å². The first kappa shape index (κ1) is 16.4. The fraction of sp³-hybridized carbons (Fsp3) is 0.500. The smallest absolute Gasteiger partial charge is 0.244 e. The fourth-order valence-electron chi connectivity index (χ4n) is 1.68. The molecular formula is C12H20N4O3S. The maximum absolute atomic E-state index is 12.3. The van der Waals surface area contributed by atoms with Crippen LogP contribution in [0.5, 0.6) is 0 Å². The lowest BCUT2D eigenvalue weighted by Crippen LogP contribution is -2.47. The Bertz CT molecular complexity index is 572. The van der Waals surface area contributed by atoms with Crippen molar-refractivity contribution in [1.29, 1.82) is 0 Å². The highest BCUT2D eigenvalue weighted by Crippen LogP contribution is 2.20. The summed E-state index contributed by atoms with van der Waals surface area (Å²) in [6.07, 6.45) is 2.73. The highest BCUT2D eigenvalue weighted by molar-refractivity contribution is 7.89. The van der Waals surface area contributed by atoms with Crippen LogP contribution in [-0.2, 0) is 14.8 Å². The van der Waals surface area contributed by atoms with Gasteiger partial charge in [0.05, 0.1) is 5.69 Å². The lowest BCUT2D eigenvalue weighted by molar-refractivity contribution is -0.120. The number of carbonyl (C=O) groups is 1. The summed E-state index contributed by atoms with van der Waals surface area (Å²) in [5.41, 5.74) is 5.65. The van der Waals surface area contributed by atoms with Crippen molar-refractivity contribution in [3.63, 3.8) is 0 Å². The number of nitrogens with one attached hydrogen (secondary N) is 2. The van der Waals surface area contributed by atoms with E-state index < -0.39 is 22.0 Å². The number of hydrogen-bond donors (Lipinski definition) is 3. The second-order valence-corrected chi connectivity index (χ2v) is 6.33. The van der Waals surface area contributed by atoms with E-state index in [4.69, 9.17) is 5.73 Å². The highest BCUT2D eigenvalue weighted by atomic mass is 32.2. The highest BCUT2D eigenvalue weighted by Gasteiger charge is 2.28. The predicted molar refractivity (Wildman–Crippen MR) is 76.5 cm³/mol. The molecule has 1 atom stereocenters. The number of carbonyl (C=O) groups excluding carboxylic acids is 1. The van der Waals surface area contributed by atoms with Gasteiger partial charge in [-0.3, -0.25) is 9.78 Å². The Morgan fingerprint density at radius 1 is 1.45 bits per heavy atom. The molecule has 20 heavy (non-hydrogen) atoms. The molecule has 0 aliphatic rings. The third kappa shape index (κ3) is 3.91. The molecule has 0 bridgehead atoms. The van der Waals surface area contributed by atoms with Crippen LogP contribution in [0.25, 0.3) is 0 Å². The molecule has 1 heterocycles. The van der Waals surface area contributed by atoms with Crippen LogP contribution in [0, 0.1) is 5.92 Å². The molecular weight excluding hydrogens is 280 g/mol. The lowest BCUT2D eigenvalue weighted by Gasteiger charge is -2.20. The molecule has 4 N–H and O–H groups in total. The van der Waals surface area contributed by atoms with Crippen LogP contribution in [0.15, 0.2) is 23.4 Å². The van der Waals surface area contributed by atoms with Gasteiger partial charge in [-0.15, -0.1) is 0 Å². The molecule has 0 saturated heterocycles. The van der Waals surface area contributed by atoms with Gasteiger partial charge in [-0.05, 0) is 18.9 Å². The fourth-order valence-corrected chi connectivity index (χ4v) is 3.16. The molecule has 0 saturated carbocycles. The molecule has 0 radical (unpaired) electrons. The summed E-state index contributed by atoms with van der Waals surface area (Å²) in [6, 6.07) is 0.599. The minimum atomic E-state index is -3.88. The van der Waals surface area contributed by atoms with Crippen LogP contribution in [0.2, 0.25) is 0 Å². The van der Waals surface area contributed by atoms with Gasteiger partial charge < -0.3 is 11.1 Å². The van der Waals surface area contributed by atoms with Crippen molar-refractivity contribution in [2.75, 3.05) is 11.9 Å². The topological polar surface area (TPSA) is 114 Å².